The molecule has 2 aromatic rings. The fraction of sp³-hybridized carbons (Fsp3) is 0.316. The summed E-state index contributed by atoms with van der Waals surface area (Å²) in [4.78, 5) is 4.35. The van der Waals surface area contributed by atoms with Gasteiger partial charge in [0.1, 0.15) is 23.4 Å². The normalized spacial score (nSPS) is 17.3. The molecule has 3 N–H and O–H groups in total. The van der Waals surface area contributed by atoms with Crippen molar-refractivity contribution < 1.29 is 13.9 Å². The Kier molecular flexibility index (Phi) is 7.50. The Morgan fingerprint density at radius 3 is 2.81 bits per heavy atom. The van der Waals surface area contributed by atoms with E-state index in [1.54, 1.807) is 12.1 Å². The van der Waals surface area contributed by atoms with E-state index >= 15 is 0 Å². The van der Waals surface area contributed by atoms with E-state index in [2.05, 4.69) is 10.3 Å². The number of guanidine groups is 1. The summed E-state index contributed by atoms with van der Waals surface area (Å²) in [6.07, 6.45) is 0.655. The molecule has 1 aliphatic rings. The molecule has 0 bridgehead atoms. The zero-order valence-electron chi connectivity index (χ0n) is 14.5. The largest absolute Gasteiger partial charge is 0.493 e. The van der Waals surface area contributed by atoms with Crippen molar-refractivity contribution in [2.75, 3.05) is 13.2 Å². The molecule has 0 amide bonds. The molecule has 0 saturated heterocycles. The summed E-state index contributed by atoms with van der Waals surface area (Å²) in [5.41, 5.74) is 7.10. The predicted octanol–water partition coefficient (Wildman–Crippen LogP) is 3.64. The van der Waals surface area contributed by atoms with Crippen LogP contribution in [0, 0.1) is 5.82 Å². The van der Waals surface area contributed by atoms with Crippen LogP contribution in [0.1, 0.15) is 24.9 Å². The fourth-order valence-corrected chi connectivity index (χ4v) is 2.73. The van der Waals surface area contributed by atoms with Crippen LogP contribution in [0.25, 0.3) is 0 Å². The second-order valence-electron chi connectivity index (χ2n) is 5.98. The zero-order valence-corrected chi connectivity index (χ0v) is 16.9. The van der Waals surface area contributed by atoms with Crippen LogP contribution in [0.15, 0.2) is 53.5 Å². The summed E-state index contributed by atoms with van der Waals surface area (Å²) in [5, 5.41) is 3.24. The van der Waals surface area contributed by atoms with Gasteiger partial charge < -0.3 is 20.5 Å². The van der Waals surface area contributed by atoms with Crippen LogP contribution in [-0.2, 0) is 0 Å². The molecule has 2 aromatic carbocycles. The van der Waals surface area contributed by atoms with Crippen molar-refractivity contribution in [2.45, 2.75) is 25.5 Å². The van der Waals surface area contributed by atoms with Crippen molar-refractivity contribution in [2.24, 2.45) is 10.7 Å². The molecule has 5 nitrogen and oxygen atoms in total. The fourth-order valence-electron chi connectivity index (χ4n) is 2.73. The maximum absolute atomic E-state index is 12.9. The van der Waals surface area contributed by atoms with E-state index in [1.165, 1.54) is 12.1 Å². The van der Waals surface area contributed by atoms with Crippen molar-refractivity contribution in [3.8, 4) is 11.5 Å². The molecule has 0 radical (unpaired) electrons. The molecule has 0 aliphatic carbocycles. The number of hydrogen-bond acceptors (Lipinski definition) is 3. The Labute approximate surface area is 169 Å². The highest BCUT2D eigenvalue weighted by molar-refractivity contribution is 14.0. The van der Waals surface area contributed by atoms with E-state index < -0.39 is 0 Å². The van der Waals surface area contributed by atoms with E-state index in [1.807, 2.05) is 31.2 Å². The summed E-state index contributed by atoms with van der Waals surface area (Å²) < 4.78 is 24.2. The van der Waals surface area contributed by atoms with Crippen LogP contribution >= 0.6 is 24.0 Å². The van der Waals surface area contributed by atoms with Gasteiger partial charge in [0, 0.05) is 12.0 Å². The SMILES string of the molecule is CC(CN=C(N)NC1CCOc2ccccc21)Oc1ccc(F)cc1.I. The molecule has 0 spiro atoms. The second-order valence-corrected chi connectivity index (χ2v) is 5.98. The first kappa shape index (κ1) is 20.3. The summed E-state index contributed by atoms with van der Waals surface area (Å²) in [6, 6.07) is 13.9. The number of benzene rings is 2. The molecule has 1 heterocycles. The van der Waals surface area contributed by atoms with Crippen molar-refractivity contribution in [3.05, 3.63) is 59.9 Å². The van der Waals surface area contributed by atoms with Crippen LogP contribution in [-0.4, -0.2) is 25.2 Å². The minimum Gasteiger partial charge on any atom is -0.493 e. The standard InChI is InChI=1S/C19H22FN3O2.HI/c1-13(25-15-8-6-14(20)7-9-15)12-22-19(21)23-17-10-11-24-18-5-3-2-4-16(17)18;/h2-9,13,17H,10-12H2,1H3,(H3,21,22,23);1H. The Hall–Kier alpha value is -2.03. The Bertz CT molecular complexity index is 740. The minimum atomic E-state index is -0.289. The monoisotopic (exact) mass is 471 g/mol. The molecule has 140 valence electrons. The maximum Gasteiger partial charge on any atom is 0.189 e. The van der Waals surface area contributed by atoms with Gasteiger partial charge in [-0.25, -0.2) is 9.38 Å². The number of nitrogens with two attached hydrogens (primary N) is 1. The number of para-hydroxylation sites is 1. The quantitative estimate of drug-likeness (QED) is 0.397. The van der Waals surface area contributed by atoms with Crippen LogP contribution in [0.3, 0.4) is 0 Å². The molecule has 3 rings (SSSR count). The van der Waals surface area contributed by atoms with E-state index in [9.17, 15) is 4.39 Å². The zero-order chi connectivity index (χ0) is 17.6. The number of nitrogens with one attached hydrogen (secondary N) is 1. The molecule has 1 aliphatic heterocycles. The highest BCUT2D eigenvalue weighted by Gasteiger charge is 2.21. The molecule has 2 unspecified atom stereocenters. The second kappa shape index (κ2) is 9.61. The first-order valence-corrected chi connectivity index (χ1v) is 8.32. The molecular weight excluding hydrogens is 448 g/mol. The van der Waals surface area contributed by atoms with Gasteiger partial charge in [-0.05, 0) is 37.3 Å². The van der Waals surface area contributed by atoms with Crippen molar-refractivity contribution in [1.82, 2.24) is 5.32 Å². The van der Waals surface area contributed by atoms with E-state index in [4.69, 9.17) is 15.2 Å². The highest BCUT2D eigenvalue weighted by atomic mass is 127. The molecule has 0 fully saturated rings. The number of hydrogen-bond donors (Lipinski definition) is 2. The smallest absolute Gasteiger partial charge is 0.189 e. The maximum atomic E-state index is 12.9. The van der Waals surface area contributed by atoms with Gasteiger partial charge in [0.15, 0.2) is 5.96 Å². The number of ether oxygens (including phenoxy) is 2. The molecule has 0 aromatic heterocycles. The highest BCUT2D eigenvalue weighted by Crippen LogP contribution is 2.31. The first-order chi connectivity index (χ1) is 12.1. The molecule has 26 heavy (non-hydrogen) atoms. The summed E-state index contributed by atoms with van der Waals surface area (Å²) in [6.45, 7) is 2.94. The van der Waals surface area contributed by atoms with Gasteiger partial charge in [0.25, 0.3) is 0 Å². The first-order valence-electron chi connectivity index (χ1n) is 8.32. The Balaban J connectivity index is 0.00000243. The van der Waals surface area contributed by atoms with Gasteiger partial charge in [0.05, 0.1) is 19.2 Å². The van der Waals surface area contributed by atoms with Crippen LogP contribution in [0.2, 0.25) is 0 Å². The van der Waals surface area contributed by atoms with Crippen molar-refractivity contribution in [1.29, 1.82) is 0 Å². The molecular formula is C19H23FIN3O2. The third kappa shape index (κ3) is 5.48. The van der Waals surface area contributed by atoms with E-state index in [-0.39, 0.29) is 41.9 Å². The van der Waals surface area contributed by atoms with Gasteiger partial charge >= 0.3 is 0 Å². The van der Waals surface area contributed by atoms with Gasteiger partial charge in [-0.1, -0.05) is 18.2 Å². The average Bonchev–Trinajstić information content (AvgIpc) is 2.62. The van der Waals surface area contributed by atoms with Gasteiger partial charge in [-0.2, -0.15) is 0 Å². The van der Waals surface area contributed by atoms with Gasteiger partial charge in [-0.15, -0.1) is 24.0 Å². The number of halogens is 2. The van der Waals surface area contributed by atoms with Crippen molar-refractivity contribution in [3.63, 3.8) is 0 Å². The predicted molar refractivity (Wildman–Crippen MR) is 111 cm³/mol. The summed E-state index contributed by atoms with van der Waals surface area (Å²) >= 11 is 0. The molecule has 0 saturated carbocycles. The lowest BCUT2D eigenvalue weighted by Gasteiger charge is -2.27. The Morgan fingerprint density at radius 1 is 1.31 bits per heavy atom. The number of aliphatic imine (C=N–C) groups is 1. The summed E-state index contributed by atoms with van der Waals surface area (Å²) in [5.74, 6) is 1.57. The number of rotatable bonds is 5. The molecule has 7 heteroatoms. The van der Waals surface area contributed by atoms with Crippen molar-refractivity contribution >= 4 is 29.9 Å². The van der Waals surface area contributed by atoms with Gasteiger partial charge in [-0.3, -0.25) is 0 Å². The topological polar surface area (TPSA) is 68.9 Å². The van der Waals surface area contributed by atoms with E-state index in [0.29, 0.717) is 24.9 Å². The lowest BCUT2D eigenvalue weighted by Crippen LogP contribution is -2.38. The lowest BCUT2D eigenvalue weighted by molar-refractivity contribution is 0.229. The minimum absolute atomic E-state index is 0. The van der Waals surface area contributed by atoms with E-state index in [0.717, 1.165) is 17.7 Å². The van der Waals surface area contributed by atoms with Crippen LogP contribution < -0.4 is 20.5 Å². The van der Waals surface area contributed by atoms with Crippen LogP contribution in [0.5, 0.6) is 11.5 Å². The Morgan fingerprint density at radius 2 is 2.04 bits per heavy atom. The number of fused-ring (bicyclic) bond motifs is 1. The lowest BCUT2D eigenvalue weighted by atomic mass is 10.0. The van der Waals surface area contributed by atoms with Crippen LogP contribution in [0.4, 0.5) is 4.39 Å². The third-order valence-electron chi connectivity index (χ3n) is 3.95. The molecule has 2 atom stereocenters. The third-order valence-corrected chi connectivity index (χ3v) is 3.95. The van der Waals surface area contributed by atoms with Gasteiger partial charge in [0.2, 0.25) is 0 Å². The summed E-state index contributed by atoms with van der Waals surface area (Å²) in [7, 11) is 0. The number of nitrogens with zero attached hydrogens (tertiary/aromatic N) is 1. The average molecular weight is 471 g/mol.